The lowest BCUT2D eigenvalue weighted by atomic mass is 10.2. The molecule has 0 aliphatic rings. The molecule has 1 aromatic carbocycles. The lowest BCUT2D eigenvalue weighted by molar-refractivity contribution is 0.466. The molecule has 0 radical (unpaired) electrons. The van der Waals surface area contributed by atoms with Gasteiger partial charge < -0.3 is 0 Å². The van der Waals surface area contributed by atoms with Crippen molar-refractivity contribution >= 4 is 44.8 Å². The molecule has 18 heavy (non-hydrogen) atoms. The molecule has 0 aliphatic heterocycles. The first kappa shape index (κ1) is 16.1. The highest BCUT2D eigenvalue weighted by Gasteiger charge is 2.17. The van der Waals surface area contributed by atoms with Crippen LogP contribution in [0, 0.1) is 0 Å². The second-order valence-electron chi connectivity index (χ2n) is 3.89. The zero-order chi connectivity index (χ0) is 13.8. The summed E-state index contributed by atoms with van der Waals surface area (Å²) >= 11 is 17.2. The Morgan fingerprint density at radius 3 is 2.22 bits per heavy atom. The first-order valence-corrected chi connectivity index (χ1v) is 8.20. The van der Waals surface area contributed by atoms with Crippen molar-refractivity contribution in [2.24, 2.45) is 0 Å². The maximum atomic E-state index is 11.9. The van der Waals surface area contributed by atoms with E-state index >= 15 is 0 Å². The van der Waals surface area contributed by atoms with Gasteiger partial charge in [-0.2, -0.15) is 0 Å². The SMILES string of the molecule is CN(Cc1cc(Cl)cc(Cl)c1)S(=O)(=O)CCCCl. The predicted molar refractivity (Wildman–Crippen MR) is 77.1 cm³/mol. The molecule has 0 amide bonds. The van der Waals surface area contributed by atoms with E-state index in [2.05, 4.69) is 0 Å². The zero-order valence-electron chi connectivity index (χ0n) is 9.87. The highest BCUT2D eigenvalue weighted by Crippen LogP contribution is 2.20. The van der Waals surface area contributed by atoms with E-state index in [1.54, 1.807) is 18.2 Å². The smallest absolute Gasteiger partial charge is 0.212 e. The maximum absolute atomic E-state index is 11.9. The van der Waals surface area contributed by atoms with Gasteiger partial charge in [0.2, 0.25) is 10.0 Å². The number of halogens is 3. The summed E-state index contributed by atoms with van der Waals surface area (Å²) in [7, 11) is -1.76. The van der Waals surface area contributed by atoms with Crippen LogP contribution in [-0.2, 0) is 16.6 Å². The van der Waals surface area contributed by atoms with Crippen LogP contribution in [0.25, 0.3) is 0 Å². The fourth-order valence-corrected chi connectivity index (χ4v) is 3.48. The van der Waals surface area contributed by atoms with Crippen LogP contribution in [-0.4, -0.2) is 31.4 Å². The summed E-state index contributed by atoms with van der Waals surface area (Å²) in [6.45, 7) is 0.241. The van der Waals surface area contributed by atoms with Gasteiger partial charge in [0, 0.05) is 29.5 Å². The van der Waals surface area contributed by atoms with Gasteiger partial charge in [-0.25, -0.2) is 12.7 Å². The minimum Gasteiger partial charge on any atom is -0.212 e. The van der Waals surface area contributed by atoms with Crippen molar-refractivity contribution < 1.29 is 8.42 Å². The summed E-state index contributed by atoms with van der Waals surface area (Å²) in [6.07, 6.45) is 0.435. The van der Waals surface area contributed by atoms with E-state index in [9.17, 15) is 8.42 Å². The standard InChI is InChI=1S/C11H14Cl3NO2S/c1-15(18(16,17)4-2-3-12)8-9-5-10(13)7-11(14)6-9/h5-7H,2-4,8H2,1H3. The molecule has 102 valence electrons. The second kappa shape index (κ2) is 6.96. The van der Waals surface area contributed by atoms with Crippen molar-refractivity contribution in [3.8, 4) is 0 Å². The summed E-state index contributed by atoms with van der Waals surface area (Å²) in [6, 6.07) is 5.00. The molecule has 1 rings (SSSR count). The van der Waals surface area contributed by atoms with E-state index in [0.717, 1.165) is 5.56 Å². The number of benzene rings is 1. The second-order valence-corrected chi connectivity index (χ2v) is 7.34. The number of hydrogen-bond acceptors (Lipinski definition) is 2. The Bertz CT molecular complexity index is 485. The van der Waals surface area contributed by atoms with E-state index in [1.165, 1.54) is 11.4 Å². The number of rotatable bonds is 6. The zero-order valence-corrected chi connectivity index (χ0v) is 13.0. The molecule has 0 aromatic heterocycles. The first-order valence-electron chi connectivity index (χ1n) is 5.30. The Hall–Kier alpha value is -0.000000000000000167. The minimum atomic E-state index is -3.28. The highest BCUT2D eigenvalue weighted by atomic mass is 35.5. The fourth-order valence-electron chi connectivity index (χ4n) is 1.45. The van der Waals surface area contributed by atoms with E-state index in [4.69, 9.17) is 34.8 Å². The molecule has 0 saturated heterocycles. The fraction of sp³-hybridized carbons (Fsp3) is 0.455. The van der Waals surface area contributed by atoms with Gasteiger partial charge in [-0.3, -0.25) is 0 Å². The van der Waals surface area contributed by atoms with Crippen LogP contribution in [0.2, 0.25) is 10.0 Å². The van der Waals surface area contributed by atoms with Crippen LogP contribution < -0.4 is 0 Å². The van der Waals surface area contributed by atoms with Gasteiger partial charge in [-0.15, -0.1) is 11.6 Å². The molecule has 0 N–H and O–H groups in total. The third-order valence-electron chi connectivity index (χ3n) is 2.34. The Morgan fingerprint density at radius 2 is 1.72 bits per heavy atom. The van der Waals surface area contributed by atoms with Gasteiger partial charge in [0.05, 0.1) is 5.75 Å². The van der Waals surface area contributed by atoms with E-state index in [1.807, 2.05) is 0 Å². The van der Waals surface area contributed by atoms with Crippen molar-refractivity contribution in [3.05, 3.63) is 33.8 Å². The third kappa shape index (κ3) is 4.94. The molecule has 0 heterocycles. The van der Waals surface area contributed by atoms with Gasteiger partial charge in [0.15, 0.2) is 0 Å². The lowest BCUT2D eigenvalue weighted by Gasteiger charge is -2.17. The molecular weight excluding hydrogens is 317 g/mol. The van der Waals surface area contributed by atoms with Gasteiger partial charge >= 0.3 is 0 Å². The molecule has 7 heteroatoms. The molecule has 0 unspecified atom stereocenters. The Labute approximate surface area is 123 Å². The average Bonchev–Trinajstić information content (AvgIpc) is 2.24. The van der Waals surface area contributed by atoms with E-state index in [-0.39, 0.29) is 12.3 Å². The number of alkyl halides is 1. The van der Waals surface area contributed by atoms with Crippen LogP contribution in [0.3, 0.4) is 0 Å². The summed E-state index contributed by atoms with van der Waals surface area (Å²) in [4.78, 5) is 0. The molecule has 0 bridgehead atoms. The Kier molecular flexibility index (Phi) is 6.21. The van der Waals surface area contributed by atoms with Crippen LogP contribution in [0.1, 0.15) is 12.0 Å². The largest absolute Gasteiger partial charge is 0.214 e. The van der Waals surface area contributed by atoms with Crippen molar-refractivity contribution in [1.29, 1.82) is 0 Å². The summed E-state index contributed by atoms with van der Waals surface area (Å²) in [5.74, 6) is 0.372. The average molecular weight is 331 g/mol. The molecule has 0 aliphatic carbocycles. The van der Waals surface area contributed by atoms with Crippen molar-refractivity contribution in [2.75, 3.05) is 18.7 Å². The Morgan fingerprint density at radius 1 is 1.17 bits per heavy atom. The molecule has 0 atom stereocenters. The molecule has 0 fully saturated rings. The number of nitrogens with zero attached hydrogens (tertiary/aromatic N) is 1. The van der Waals surface area contributed by atoms with Crippen LogP contribution >= 0.6 is 34.8 Å². The van der Waals surface area contributed by atoms with Gasteiger partial charge in [-0.05, 0) is 30.2 Å². The molecule has 0 saturated carbocycles. The van der Waals surface area contributed by atoms with Crippen LogP contribution in [0.15, 0.2) is 18.2 Å². The van der Waals surface area contributed by atoms with Gasteiger partial charge in [0.1, 0.15) is 0 Å². The maximum Gasteiger partial charge on any atom is 0.214 e. The quantitative estimate of drug-likeness (QED) is 0.750. The van der Waals surface area contributed by atoms with Crippen LogP contribution in [0.5, 0.6) is 0 Å². The predicted octanol–water partition coefficient (Wildman–Crippen LogP) is 3.38. The number of hydrogen-bond donors (Lipinski definition) is 0. The van der Waals surface area contributed by atoms with E-state index < -0.39 is 10.0 Å². The number of sulfonamides is 1. The van der Waals surface area contributed by atoms with Crippen molar-refractivity contribution in [3.63, 3.8) is 0 Å². The molecule has 1 aromatic rings. The molecular formula is C11H14Cl3NO2S. The van der Waals surface area contributed by atoms with E-state index in [0.29, 0.717) is 22.3 Å². The lowest BCUT2D eigenvalue weighted by Crippen LogP contribution is -2.29. The normalized spacial score (nSPS) is 12.1. The van der Waals surface area contributed by atoms with Crippen molar-refractivity contribution in [2.45, 2.75) is 13.0 Å². The summed E-state index contributed by atoms with van der Waals surface area (Å²) < 4.78 is 25.0. The molecule has 3 nitrogen and oxygen atoms in total. The molecule has 0 spiro atoms. The monoisotopic (exact) mass is 329 g/mol. The summed E-state index contributed by atoms with van der Waals surface area (Å²) in [5.41, 5.74) is 0.754. The Balaban J connectivity index is 2.77. The van der Waals surface area contributed by atoms with Gasteiger partial charge in [0.25, 0.3) is 0 Å². The summed E-state index contributed by atoms with van der Waals surface area (Å²) in [5, 5.41) is 0.980. The topological polar surface area (TPSA) is 37.4 Å². The third-order valence-corrected chi connectivity index (χ3v) is 4.93. The van der Waals surface area contributed by atoms with Gasteiger partial charge in [-0.1, -0.05) is 23.2 Å². The minimum absolute atomic E-state index is 0.0430. The van der Waals surface area contributed by atoms with Crippen molar-refractivity contribution in [1.82, 2.24) is 4.31 Å². The van der Waals surface area contributed by atoms with Crippen LogP contribution in [0.4, 0.5) is 0 Å². The highest BCUT2D eigenvalue weighted by molar-refractivity contribution is 7.89. The first-order chi connectivity index (χ1) is 8.35.